The van der Waals surface area contributed by atoms with Crippen LogP contribution in [0.4, 0.5) is 10.1 Å². The molecule has 7 rings (SSSR count). The number of hydrogen-bond donors (Lipinski definition) is 4. The van der Waals surface area contributed by atoms with Crippen molar-refractivity contribution in [3.63, 3.8) is 0 Å². The van der Waals surface area contributed by atoms with Crippen molar-refractivity contribution in [3.8, 4) is 5.75 Å². The summed E-state index contributed by atoms with van der Waals surface area (Å²) < 4.78 is 26.2. The van der Waals surface area contributed by atoms with Crippen LogP contribution in [0.5, 0.6) is 5.75 Å². The van der Waals surface area contributed by atoms with Gasteiger partial charge in [-0.05, 0) is 87.6 Å². The van der Waals surface area contributed by atoms with Gasteiger partial charge in [0.2, 0.25) is 23.6 Å². The summed E-state index contributed by atoms with van der Waals surface area (Å²) in [6, 6.07) is 10.4. The highest BCUT2D eigenvalue weighted by molar-refractivity contribution is 7.99. The Hall–Kier alpha value is -4.54. The number of aromatic amines is 1. The second-order valence-corrected chi connectivity index (χ2v) is 16.5. The van der Waals surface area contributed by atoms with E-state index in [9.17, 15) is 28.4 Å². The number of thioether (sulfide) groups is 1. The number of H-pyrrole nitrogens is 1. The van der Waals surface area contributed by atoms with Crippen LogP contribution in [0, 0.1) is 11.7 Å². The minimum Gasteiger partial charge on any atom is -0.493 e. The number of carbonyl (C=O) groups excluding carboxylic acids is 4. The number of amides is 4. The number of ether oxygens (including phenoxy) is 2. The lowest BCUT2D eigenvalue weighted by atomic mass is 9.89. The van der Waals surface area contributed by atoms with Gasteiger partial charge < -0.3 is 30.0 Å². The molecule has 14 nitrogen and oxygen atoms in total. The largest absolute Gasteiger partial charge is 0.493 e. The predicted octanol–water partition coefficient (Wildman–Crippen LogP) is 3.30. The number of anilines is 1. The van der Waals surface area contributed by atoms with Gasteiger partial charge in [0.1, 0.15) is 28.8 Å². The second kappa shape index (κ2) is 18.6. The molecular weight excluding hydrogens is 742 g/mol. The molecular formula is C40H50FN7O7S. The highest BCUT2D eigenvalue weighted by Crippen LogP contribution is 2.31. The Morgan fingerprint density at radius 3 is 2.54 bits per heavy atom. The fourth-order valence-electron chi connectivity index (χ4n) is 7.88. The Kier molecular flexibility index (Phi) is 13.2. The highest BCUT2D eigenvalue weighted by atomic mass is 32.2. The number of carbonyl (C=O) groups is 4. The molecule has 0 radical (unpaired) electrons. The van der Waals surface area contributed by atoms with Gasteiger partial charge in [-0.25, -0.2) is 9.37 Å². The summed E-state index contributed by atoms with van der Waals surface area (Å²) in [7, 11) is 0. The van der Waals surface area contributed by atoms with Crippen LogP contribution in [-0.2, 0) is 29.7 Å². The Morgan fingerprint density at radius 2 is 1.77 bits per heavy atom. The normalized spacial score (nSPS) is 20.5. The number of nitrogens with zero attached hydrogens (tertiary/aromatic N) is 3. The molecule has 1 unspecified atom stereocenters. The van der Waals surface area contributed by atoms with E-state index in [1.165, 1.54) is 6.07 Å². The first-order valence-corrected chi connectivity index (χ1v) is 20.7. The maximum Gasteiger partial charge on any atom is 0.261 e. The third-order valence-electron chi connectivity index (χ3n) is 11.2. The van der Waals surface area contributed by atoms with E-state index in [1.807, 2.05) is 18.2 Å². The van der Waals surface area contributed by atoms with Crippen LogP contribution in [0.3, 0.4) is 0 Å². The molecule has 5 heterocycles. The maximum atomic E-state index is 14.9. The van der Waals surface area contributed by atoms with Crippen molar-refractivity contribution < 1.29 is 33.0 Å². The number of nitrogens with one attached hydrogen (secondary N) is 4. The van der Waals surface area contributed by atoms with E-state index < -0.39 is 17.4 Å². The summed E-state index contributed by atoms with van der Waals surface area (Å²) in [6.45, 7) is 4.72. The van der Waals surface area contributed by atoms with Crippen LogP contribution >= 0.6 is 11.8 Å². The summed E-state index contributed by atoms with van der Waals surface area (Å²) in [5, 5.41) is 8.68. The van der Waals surface area contributed by atoms with E-state index in [2.05, 4.69) is 36.9 Å². The van der Waals surface area contributed by atoms with Crippen LogP contribution < -0.4 is 26.2 Å². The van der Waals surface area contributed by atoms with E-state index in [4.69, 9.17) is 9.47 Å². The fraction of sp³-hybridized carbons (Fsp3) is 0.550. The minimum atomic E-state index is -0.652. The van der Waals surface area contributed by atoms with Gasteiger partial charge in [0.15, 0.2) is 0 Å². The monoisotopic (exact) mass is 791 g/mol. The van der Waals surface area contributed by atoms with Crippen molar-refractivity contribution in [2.24, 2.45) is 5.92 Å². The number of piperidine rings is 3. The van der Waals surface area contributed by atoms with Gasteiger partial charge in [0.05, 0.1) is 31.0 Å². The molecule has 1 atom stereocenters. The van der Waals surface area contributed by atoms with Gasteiger partial charge in [-0.3, -0.25) is 34.2 Å². The number of halogens is 1. The van der Waals surface area contributed by atoms with E-state index in [0.717, 1.165) is 62.9 Å². The molecule has 4 amide bonds. The van der Waals surface area contributed by atoms with Crippen LogP contribution in [0.25, 0.3) is 10.9 Å². The molecule has 0 aliphatic carbocycles. The molecule has 1 aromatic heterocycles. The lowest BCUT2D eigenvalue weighted by molar-refractivity contribution is -0.134. The zero-order chi connectivity index (χ0) is 39.0. The van der Waals surface area contributed by atoms with E-state index in [1.54, 1.807) is 22.7 Å². The summed E-state index contributed by atoms with van der Waals surface area (Å²) in [5.74, 6) is 0.464. The molecule has 56 heavy (non-hydrogen) atoms. The molecule has 4 aliphatic rings. The average molecular weight is 792 g/mol. The van der Waals surface area contributed by atoms with Crippen molar-refractivity contribution in [1.29, 1.82) is 0 Å². The highest BCUT2D eigenvalue weighted by Gasteiger charge is 2.28. The van der Waals surface area contributed by atoms with Crippen LogP contribution in [0.1, 0.15) is 68.7 Å². The van der Waals surface area contributed by atoms with Crippen molar-refractivity contribution in [2.45, 2.75) is 74.3 Å². The third-order valence-corrected chi connectivity index (χ3v) is 12.6. The van der Waals surface area contributed by atoms with Crippen LogP contribution in [0.15, 0.2) is 41.2 Å². The zero-order valence-electron chi connectivity index (χ0n) is 31.5. The van der Waals surface area contributed by atoms with Gasteiger partial charge in [-0.15, -0.1) is 0 Å². The molecule has 300 valence electrons. The smallest absolute Gasteiger partial charge is 0.261 e. The molecule has 4 aliphatic heterocycles. The van der Waals surface area contributed by atoms with E-state index >= 15 is 0 Å². The Morgan fingerprint density at radius 1 is 0.982 bits per heavy atom. The number of aromatic nitrogens is 2. The van der Waals surface area contributed by atoms with Gasteiger partial charge in [0.25, 0.3) is 5.56 Å². The van der Waals surface area contributed by atoms with Crippen molar-refractivity contribution in [2.75, 3.05) is 64.4 Å². The number of hydrogen-bond acceptors (Lipinski definition) is 11. The SMILES string of the molecule is O=C(CN1CCC(SCc2nc3cc(OCC4CCOCC4)cc(F)c3c(=O)[nH]2)CC1)NCC(=O)N1CCC(c2cccc(NC3CCC(=O)NC3=O)c2)CC1. The third kappa shape index (κ3) is 10.4. The number of fused-ring (bicyclic) bond motifs is 1. The summed E-state index contributed by atoms with van der Waals surface area (Å²) in [6.07, 6.45) is 5.89. The van der Waals surface area contributed by atoms with Gasteiger partial charge in [-0.1, -0.05) is 12.1 Å². The van der Waals surface area contributed by atoms with Crippen molar-refractivity contribution >= 4 is 52.0 Å². The molecule has 0 bridgehead atoms. The first-order valence-electron chi connectivity index (χ1n) is 19.7. The summed E-state index contributed by atoms with van der Waals surface area (Å²) in [4.78, 5) is 73.4. The fourth-order valence-corrected chi connectivity index (χ4v) is 8.95. The van der Waals surface area contributed by atoms with E-state index in [0.29, 0.717) is 74.2 Å². The van der Waals surface area contributed by atoms with Gasteiger partial charge in [-0.2, -0.15) is 11.8 Å². The number of likely N-dealkylation sites (tertiary alicyclic amines) is 2. The lowest BCUT2D eigenvalue weighted by Crippen LogP contribution is -2.47. The summed E-state index contributed by atoms with van der Waals surface area (Å²) >= 11 is 1.69. The Bertz CT molecular complexity index is 1960. The number of imide groups is 1. The first-order chi connectivity index (χ1) is 27.2. The Labute approximate surface area is 329 Å². The molecule has 2 aromatic carbocycles. The second-order valence-electron chi connectivity index (χ2n) is 15.2. The lowest BCUT2D eigenvalue weighted by Gasteiger charge is -2.33. The molecule has 3 aromatic rings. The Balaban J connectivity index is 0.799. The summed E-state index contributed by atoms with van der Waals surface area (Å²) in [5.41, 5.74) is 1.74. The number of rotatable bonds is 13. The van der Waals surface area contributed by atoms with Crippen molar-refractivity contribution in [1.82, 2.24) is 30.4 Å². The minimum absolute atomic E-state index is 0.0361. The first kappa shape index (κ1) is 39.7. The standard InChI is InChI=1S/C40H50FN7O7S/c41-31-19-29(55-23-25-10-16-54-17-11-25)20-33-38(31)40(53)45-34(44-33)24-56-30-8-12-47(13-9-30)22-36(50)42-21-37(51)48-14-6-26(7-15-48)27-2-1-3-28(18-27)43-32-4-5-35(49)46-39(32)52/h1-3,18-20,25-26,30,32,43H,4-17,21-24H2,(H,42,50)(H,44,45,53)(H,46,49,52). The molecule has 4 fully saturated rings. The maximum absolute atomic E-state index is 14.9. The number of benzene rings is 2. The van der Waals surface area contributed by atoms with Gasteiger partial charge >= 0.3 is 0 Å². The quantitative estimate of drug-likeness (QED) is 0.187. The average Bonchev–Trinajstić information content (AvgIpc) is 3.20. The molecule has 0 saturated carbocycles. The molecule has 4 saturated heterocycles. The van der Waals surface area contributed by atoms with Gasteiger partial charge in [0, 0.05) is 55.8 Å². The predicted molar refractivity (Wildman–Crippen MR) is 210 cm³/mol. The molecule has 0 spiro atoms. The molecule has 4 N–H and O–H groups in total. The topological polar surface area (TPSA) is 175 Å². The zero-order valence-corrected chi connectivity index (χ0v) is 32.3. The van der Waals surface area contributed by atoms with Crippen LogP contribution in [0.2, 0.25) is 0 Å². The van der Waals surface area contributed by atoms with Crippen LogP contribution in [-0.4, -0.2) is 114 Å². The molecule has 16 heteroatoms. The van der Waals surface area contributed by atoms with Crippen molar-refractivity contribution in [3.05, 3.63) is 64.0 Å². The van der Waals surface area contributed by atoms with E-state index in [-0.39, 0.29) is 53.5 Å².